The average Bonchev–Trinajstić information content (AvgIpc) is 3.54. The van der Waals surface area contributed by atoms with Crippen molar-refractivity contribution in [1.29, 1.82) is 0 Å². The van der Waals surface area contributed by atoms with Crippen molar-refractivity contribution in [3.63, 3.8) is 0 Å². The maximum atomic E-state index is 11.0. The van der Waals surface area contributed by atoms with Crippen molar-refractivity contribution in [2.45, 2.75) is 90.4 Å². The molecule has 26 heavy (non-hydrogen) atoms. The Hall–Kier alpha value is -1.51. The fourth-order valence-corrected chi connectivity index (χ4v) is 2.53. The van der Waals surface area contributed by atoms with Crippen LogP contribution in [-0.2, 0) is 16.0 Å². The molecule has 0 saturated heterocycles. The summed E-state index contributed by atoms with van der Waals surface area (Å²) in [5.41, 5.74) is 1.29. The standard InChI is InChI=1S/C20H32O3.C3H6/c1-3-4-5-6-7-10-17-23-19-15-13-18(14-16-19)11-8-9-12-20(21)22-2;1-2-3-1/h13-16H,3-12,17H2,1-2H3;1-3H2. The number of methoxy groups -OCH3 is 1. The second-order valence-corrected chi connectivity index (χ2v) is 7.10. The van der Waals surface area contributed by atoms with Crippen LogP contribution in [0.5, 0.6) is 5.75 Å². The molecule has 3 nitrogen and oxygen atoms in total. The summed E-state index contributed by atoms with van der Waals surface area (Å²) in [5.74, 6) is 0.834. The van der Waals surface area contributed by atoms with E-state index in [1.54, 1.807) is 0 Å². The monoisotopic (exact) mass is 362 g/mol. The number of aryl methyl sites for hydroxylation is 1. The first kappa shape index (κ1) is 22.5. The lowest BCUT2D eigenvalue weighted by Gasteiger charge is -2.07. The van der Waals surface area contributed by atoms with E-state index < -0.39 is 0 Å². The van der Waals surface area contributed by atoms with Gasteiger partial charge in [-0.15, -0.1) is 0 Å². The first-order valence-electron chi connectivity index (χ1n) is 10.5. The minimum absolute atomic E-state index is 0.122. The second-order valence-electron chi connectivity index (χ2n) is 7.10. The zero-order valence-electron chi connectivity index (χ0n) is 16.9. The van der Waals surface area contributed by atoms with Crippen LogP contribution in [0.4, 0.5) is 0 Å². The van der Waals surface area contributed by atoms with Gasteiger partial charge in [-0.3, -0.25) is 4.79 Å². The molecule has 0 unspecified atom stereocenters. The number of hydrogen-bond acceptors (Lipinski definition) is 3. The van der Waals surface area contributed by atoms with Crippen LogP contribution in [0.1, 0.15) is 89.5 Å². The Labute approximate surface area is 160 Å². The largest absolute Gasteiger partial charge is 0.494 e. The van der Waals surface area contributed by atoms with Crippen LogP contribution < -0.4 is 4.74 Å². The number of benzene rings is 1. The first-order chi connectivity index (χ1) is 12.8. The Morgan fingerprint density at radius 3 is 2.15 bits per heavy atom. The van der Waals surface area contributed by atoms with Crippen molar-refractivity contribution in [3.8, 4) is 5.75 Å². The van der Waals surface area contributed by atoms with E-state index in [0.717, 1.165) is 38.0 Å². The third-order valence-corrected chi connectivity index (χ3v) is 4.37. The Kier molecular flexibility index (Phi) is 13.6. The molecular weight excluding hydrogens is 324 g/mol. The summed E-state index contributed by atoms with van der Waals surface area (Å²) in [4.78, 5) is 11.0. The van der Waals surface area contributed by atoms with E-state index in [2.05, 4.69) is 23.8 Å². The molecule has 0 amide bonds. The summed E-state index contributed by atoms with van der Waals surface area (Å²) in [7, 11) is 1.44. The van der Waals surface area contributed by atoms with Gasteiger partial charge in [-0.2, -0.15) is 0 Å². The van der Waals surface area contributed by atoms with Crippen LogP contribution in [0.2, 0.25) is 0 Å². The van der Waals surface area contributed by atoms with Crippen LogP contribution in [-0.4, -0.2) is 19.7 Å². The van der Waals surface area contributed by atoms with Gasteiger partial charge in [0.1, 0.15) is 5.75 Å². The van der Waals surface area contributed by atoms with Crippen molar-refractivity contribution < 1.29 is 14.3 Å². The molecule has 0 atom stereocenters. The number of esters is 1. The van der Waals surface area contributed by atoms with Crippen LogP contribution in [0, 0.1) is 0 Å². The number of carbonyl (C=O) groups is 1. The normalized spacial score (nSPS) is 12.1. The summed E-state index contributed by atoms with van der Waals surface area (Å²) < 4.78 is 10.4. The lowest BCUT2D eigenvalue weighted by atomic mass is 10.1. The van der Waals surface area contributed by atoms with E-state index in [0.29, 0.717) is 6.42 Å². The maximum Gasteiger partial charge on any atom is 0.305 e. The number of hydrogen-bond donors (Lipinski definition) is 0. The molecule has 3 heteroatoms. The fourth-order valence-electron chi connectivity index (χ4n) is 2.53. The van der Waals surface area contributed by atoms with E-state index in [1.807, 2.05) is 12.1 Å². The highest BCUT2D eigenvalue weighted by molar-refractivity contribution is 5.68. The second kappa shape index (κ2) is 15.7. The molecule has 0 N–H and O–H groups in total. The third-order valence-electron chi connectivity index (χ3n) is 4.37. The Morgan fingerprint density at radius 2 is 1.54 bits per heavy atom. The van der Waals surface area contributed by atoms with E-state index in [9.17, 15) is 4.79 Å². The zero-order valence-corrected chi connectivity index (χ0v) is 16.9. The van der Waals surface area contributed by atoms with E-state index in [4.69, 9.17) is 4.74 Å². The highest BCUT2D eigenvalue weighted by Crippen LogP contribution is 2.15. The van der Waals surface area contributed by atoms with Crippen molar-refractivity contribution in [2.24, 2.45) is 0 Å². The van der Waals surface area contributed by atoms with Gasteiger partial charge in [0, 0.05) is 6.42 Å². The first-order valence-corrected chi connectivity index (χ1v) is 10.5. The van der Waals surface area contributed by atoms with Gasteiger partial charge in [-0.25, -0.2) is 0 Å². The van der Waals surface area contributed by atoms with Gasteiger partial charge >= 0.3 is 5.97 Å². The average molecular weight is 363 g/mol. The quantitative estimate of drug-likeness (QED) is 0.297. The molecule has 0 bridgehead atoms. The van der Waals surface area contributed by atoms with Gasteiger partial charge < -0.3 is 9.47 Å². The molecule has 0 heterocycles. The number of carbonyl (C=O) groups excluding carboxylic acids is 1. The van der Waals surface area contributed by atoms with Crippen LogP contribution >= 0.6 is 0 Å². The SMILES string of the molecule is C1CC1.CCCCCCCCOc1ccc(CCCCC(=O)OC)cc1. The Balaban J connectivity index is 0.00000101. The number of ether oxygens (including phenoxy) is 2. The van der Waals surface area contributed by atoms with E-state index in [1.165, 1.54) is 64.0 Å². The summed E-state index contributed by atoms with van der Waals surface area (Å²) >= 11 is 0. The minimum atomic E-state index is -0.122. The lowest BCUT2D eigenvalue weighted by molar-refractivity contribution is -0.140. The molecule has 1 aromatic rings. The fraction of sp³-hybridized carbons (Fsp3) is 0.696. The summed E-state index contributed by atoms with van der Waals surface area (Å²) in [5, 5.41) is 0. The van der Waals surface area contributed by atoms with Crippen molar-refractivity contribution in [2.75, 3.05) is 13.7 Å². The number of unbranched alkanes of at least 4 members (excludes halogenated alkanes) is 6. The predicted molar refractivity (Wildman–Crippen MR) is 109 cm³/mol. The van der Waals surface area contributed by atoms with Gasteiger partial charge in [0.05, 0.1) is 13.7 Å². The summed E-state index contributed by atoms with van der Waals surface area (Å²) in [6, 6.07) is 8.34. The van der Waals surface area contributed by atoms with Crippen LogP contribution in [0.15, 0.2) is 24.3 Å². The lowest BCUT2D eigenvalue weighted by Crippen LogP contribution is -2.00. The van der Waals surface area contributed by atoms with Gasteiger partial charge in [0.15, 0.2) is 0 Å². The maximum absolute atomic E-state index is 11.0. The Morgan fingerprint density at radius 1 is 0.885 bits per heavy atom. The van der Waals surface area contributed by atoms with Gasteiger partial charge in [0.25, 0.3) is 0 Å². The number of rotatable bonds is 13. The van der Waals surface area contributed by atoms with Gasteiger partial charge in [-0.05, 0) is 43.4 Å². The summed E-state index contributed by atoms with van der Waals surface area (Å²) in [6.45, 7) is 3.05. The van der Waals surface area contributed by atoms with E-state index in [-0.39, 0.29) is 5.97 Å². The summed E-state index contributed by atoms with van der Waals surface area (Å²) in [6.07, 6.45) is 15.6. The van der Waals surface area contributed by atoms with Crippen molar-refractivity contribution in [3.05, 3.63) is 29.8 Å². The van der Waals surface area contributed by atoms with Gasteiger partial charge in [0.2, 0.25) is 0 Å². The van der Waals surface area contributed by atoms with Crippen molar-refractivity contribution in [1.82, 2.24) is 0 Å². The highest BCUT2D eigenvalue weighted by atomic mass is 16.5. The Bertz CT molecular complexity index is 448. The minimum Gasteiger partial charge on any atom is -0.494 e. The molecule has 0 aliphatic heterocycles. The molecule has 0 aromatic heterocycles. The molecule has 0 radical (unpaired) electrons. The van der Waals surface area contributed by atoms with Crippen LogP contribution in [0.3, 0.4) is 0 Å². The predicted octanol–water partition coefficient (Wildman–Crippen LogP) is 6.48. The zero-order chi connectivity index (χ0) is 18.9. The van der Waals surface area contributed by atoms with Crippen LogP contribution in [0.25, 0.3) is 0 Å². The molecule has 2 rings (SSSR count). The molecule has 148 valence electrons. The molecule has 1 aromatic carbocycles. The van der Waals surface area contributed by atoms with Gasteiger partial charge in [-0.1, -0.05) is 70.4 Å². The van der Waals surface area contributed by atoms with E-state index >= 15 is 0 Å². The molecule has 1 aliphatic rings. The third kappa shape index (κ3) is 13.7. The van der Waals surface area contributed by atoms with Crippen molar-refractivity contribution >= 4 is 5.97 Å². The molecular formula is C23H38O3. The smallest absolute Gasteiger partial charge is 0.305 e. The highest BCUT2D eigenvalue weighted by Gasteiger charge is 2.01. The molecule has 1 fully saturated rings. The molecule has 1 aliphatic carbocycles. The molecule has 1 saturated carbocycles. The molecule has 0 spiro atoms. The topological polar surface area (TPSA) is 35.5 Å².